The first-order valence-electron chi connectivity index (χ1n) is 11.1. The number of hydrogen-bond acceptors (Lipinski definition) is 6. The Labute approximate surface area is 196 Å². The Bertz CT molecular complexity index is 1360. The zero-order chi connectivity index (χ0) is 23.7. The third-order valence-electron chi connectivity index (χ3n) is 6.18. The van der Waals surface area contributed by atoms with Gasteiger partial charge in [0.2, 0.25) is 0 Å². The van der Waals surface area contributed by atoms with E-state index < -0.39 is 4.92 Å². The topological polar surface area (TPSA) is 92.5 Å². The summed E-state index contributed by atoms with van der Waals surface area (Å²) in [7, 11) is 0. The van der Waals surface area contributed by atoms with Crippen LogP contribution in [-0.4, -0.2) is 52.1 Å². The lowest BCUT2D eigenvalue weighted by molar-refractivity contribution is -0.384. The maximum absolute atomic E-state index is 12.9. The number of carbonyl (C=O) groups is 1. The van der Waals surface area contributed by atoms with E-state index in [4.69, 9.17) is 0 Å². The molecule has 1 aliphatic rings. The number of anilines is 1. The van der Waals surface area contributed by atoms with E-state index in [9.17, 15) is 14.9 Å². The van der Waals surface area contributed by atoms with Gasteiger partial charge in [-0.2, -0.15) is 0 Å². The zero-order valence-electron chi connectivity index (χ0n) is 18.7. The molecule has 8 heteroatoms. The summed E-state index contributed by atoms with van der Waals surface area (Å²) in [5.41, 5.74) is 3.50. The molecule has 0 radical (unpaired) electrons. The van der Waals surface area contributed by atoms with Crippen LogP contribution in [-0.2, 0) is 0 Å². The molecule has 34 heavy (non-hydrogen) atoms. The zero-order valence-corrected chi connectivity index (χ0v) is 18.7. The van der Waals surface area contributed by atoms with E-state index in [1.165, 1.54) is 29.8 Å². The molecule has 1 aliphatic heterocycles. The molecule has 2 heterocycles. The number of nitro groups is 1. The highest BCUT2D eigenvalue weighted by Crippen LogP contribution is 2.32. The molecule has 0 unspecified atom stereocenters. The Morgan fingerprint density at radius 2 is 1.50 bits per heavy atom. The summed E-state index contributed by atoms with van der Waals surface area (Å²) in [5.74, 6) is 0.689. The molecule has 0 spiro atoms. The molecule has 0 aliphatic carbocycles. The van der Waals surface area contributed by atoms with Crippen LogP contribution in [0, 0.1) is 17.0 Å². The van der Waals surface area contributed by atoms with Crippen LogP contribution in [0.2, 0.25) is 0 Å². The molecule has 0 bridgehead atoms. The molecule has 0 N–H and O–H groups in total. The Morgan fingerprint density at radius 1 is 0.853 bits per heavy atom. The lowest BCUT2D eigenvalue weighted by Gasteiger charge is -2.35. The first kappa shape index (κ1) is 21.5. The Balaban J connectivity index is 1.36. The fourth-order valence-electron chi connectivity index (χ4n) is 4.28. The standard InChI is InChI=1S/C26H23N5O3/c1-18-6-8-19(9-7-18)24-22-4-2-3-5-23(22)25(28-27-24)29-14-16-30(17-15-29)26(32)20-10-12-21(13-11-20)31(33)34/h2-13H,14-17H2,1H3. The molecular formula is C26H23N5O3. The van der Waals surface area contributed by atoms with E-state index in [2.05, 4.69) is 58.4 Å². The van der Waals surface area contributed by atoms with Gasteiger partial charge in [0.15, 0.2) is 5.82 Å². The predicted molar refractivity (Wildman–Crippen MR) is 131 cm³/mol. The summed E-state index contributed by atoms with van der Waals surface area (Å²) >= 11 is 0. The van der Waals surface area contributed by atoms with Gasteiger partial charge in [0, 0.05) is 60.2 Å². The van der Waals surface area contributed by atoms with Gasteiger partial charge in [-0.05, 0) is 19.1 Å². The average Bonchev–Trinajstić information content (AvgIpc) is 2.88. The van der Waals surface area contributed by atoms with Gasteiger partial charge in [0.1, 0.15) is 5.69 Å². The second kappa shape index (κ2) is 8.90. The van der Waals surface area contributed by atoms with Crippen molar-refractivity contribution in [1.82, 2.24) is 15.1 Å². The van der Waals surface area contributed by atoms with Gasteiger partial charge in [-0.25, -0.2) is 0 Å². The molecular weight excluding hydrogens is 430 g/mol. The number of aromatic nitrogens is 2. The minimum absolute atomic E-state index is 0.0269. The minimum atomic E-state index is -0.470. The first-order valence-corrected chi connectivity index (χ1v) is 11.1. The van der Waals surface area contributed by atoms with Crippen LogP contribution < -0.4 is 4.90 Å². The monoisotopic (exact) mass is 453 g/mol. The van der Waals surface area contributed by atoms with Crippen molar-refractivity contribution in [1.29, 1.82) is 0 Å². The van der Waals surface area contributed by atoms with Gasteiger partial charge >= 0.3 is 0 Å². The van der Waals surface area contributed by atoms with Crippen LogP contribution in [0.5, 0.6) is 0 Å². The SMILES string of the molecule is Cc1ccc(-c2nnc(N3CCN(C(=O)c4ccc([N+](=O)[O-])cc4)CC3)c3ccccc23)cc1. The van der Waals surface area contributed by atoms with Crippen molar-refractivity contribution in [3.8, 4) is 11.3 Å². The summed E-state index contributed by atoms with van der Waals surface area (Å²) in [5, 5.41) is 22.1. The van der Waals surface area contributed by atoms with Crippen LogP contribution in [0.4, 0.5) is 11.5 Å². The van der Waals surface area contributed by atoms with Crippen molar-refractivity contribution in [2.45, 2.75) is 6.92 Å². The van der Waals surface area contributed by atoms with Crippen LogP contribution >= 0.6 is 0 Å². The molecule has 1 fully saturated rings. The molecule has 170 valence electrons. The Hall–Kier alpha value is -4.33. The highest BCUT2D eigenvalue weighted by atomic mass is 16.6. The number of nitrogens with zero attached hydrogens (tertiary/aromatic N) is 5. The van der Waals surface area contributed by atoms with Crippen molar-refractivity contribution >= 4 is 28.2 Å². The number of carbonyl (C=O) groups excluding carboxylic acids is 1. The van der Waals surface area contributed by atoms with Gasteiger partial charge in [-0.3, -0.25) is 14.9 Å². The molecule has 1 amide bonds. The molecule has 1 aromatic heterocycles. The Morgan fingerprint density at radius 3 is 2.15 bits per heavy atom. The fraction of sp³-hybridized carbons (Fsp3) is 0.192. The number of non-ortho nitro benzene ring substituents is 1. The summed E-state index contributed by atoms with van der Waals surface area (Å²) in [6, 6.07) is 22.1. The average molecular weight is 454 g/mol. The maximum Gasteiger partial charge on any atom is 0.269 e. The van der Waals surface area contributed by atoms with E-state index in [0.717, 1.165) is 27.8 Å². The van der Waals surface area contributed by atoms with E-state index in [1.54, 1.807) is 4.90 Å². The molecule has 1 saturated heterocycles. The summed E-state index contributed by atoms with van der Waals surface area (Å²) in [6.07, 6.45) is 0. The fourth-order valence-corrected chi connectivity index (χ4v) is 4.28. The third-order valence-corrected chi connectivity index (χ3v) is 6.18. The van der Waals surface area contributed by atoms with E-state index in [0.29, 0.717) is 31.7 Å². The second-order valence-corrected chi connectivity index (χ2v) is 8.37. The number of rotatable bonds is 4. The van der Waals surface area contributed by atoms with Gasteiger partial charge in [0.25, 0.3) is 11.6 Å². The number of amides is 1. The number of fused-ring (bicyclic) bond motifs is 1. The molecule has 0 atom stereocenters. The normalized spacial score (nSPS) is 13.8. The minimum Gasteiger partial charge on any atom is -0.351 e. The summed E-state index contributed by atoms with van der Waals surface area (Å²) in [6.45, 7) is 4.38. The predicted octanol–water partition coefficient (Wildman–Crippen LogP) is 4.48. The Kier molecular flexibility index (Phi) is 5.63. The highest BCUT2D eigenvalue weighted by Gasteiger charge is 2.25. The van der Waals surface area contributed by atoms with E-state index >= 15 is 0 Å². The highest BCUT2D eigenvalue weighted by molar-refractivity contribution is 6.00. The number of nitro benzene ring substituents is 1. The largest absolute Gasteiger partial charge is 0.351 e. The van der Waals surface area contributed by atoms with E-state index in [-0.39, 0.29) is 11.6 Å². The quantitative estimate of drug-likeness (QED) is 0.334. The van der Waals surface area contributed by atoms with Crippen molar-refractivity contribution in [3.63, 3.8) is 0 Å². The molecule has 8 nitrogen and oxygen atoms in total. The van der Waals surface area contributed by atoms with Crippen LogP contribution in [0.25, 0.3) is 22.0 Å². The van der Waals surface area contributed by atoms with Crippen molar-refractivity contribution in [3.05, 3.63) is 94.0 Å². The van der Waals surface area contributed by atoms with Gasteiger partial charge in [0.05, 0.1) is 4.92 Å². The summed E-state index contributed by atoms with van der Waals surface area (Å²) < 4.78 is 0. The van der Waals surface area contributed by atoms with Crippen LogP contribution in [0.3, 0.4) is 0 Å². The van der Waals surface area contributed by atoms with Gasteiger partial charge in [-0.15, -0.1) is 10.2 Å². The molecule has 0 saturated carbocycles. The maximum atomic E-state index is 12.9. The second-order valence-electron chi connectivity index (χ2n) is 8.37. The number of hydrogen-bond donors (Lipinski definition) is 0. The molecule has 5 rings (SSSR count). The third kappa shape index (κ3) is 4.05. The number of benzene rings is 3. The lowest BCUT2D eigenvalue weighted by atomic mass is 10.0. The molecule has 4 aromatic rings. The van der Waals surface area contributed by atoms with Crippen LogP contribution in [0.1, 0.15) is 15.9 Å². The molecule has 3 aromatic carbocycles. The summed E-state index contributed by atoms with van der Waals surface area (Å²) in [4.78, 5) is 27.2. The van der Waals surface area contributed by atoms with Crippen molar-refractivity contribution in [2.75, 3.05) is 31.1 Å². The van der Waals surface area contributed by atoms with Crippen LogP contribution in [0.15, 0.2) is 72.8 Å². The number of piperazine rings is 1. The van der Waals surface area contributed by atoms with E-state index in [1.807, 2.05) is 12.1 Å². The number of aryl methyl sites for hydroxylation is 1. The van der Waals surface area contributed by atoms with Gasteiger partial charge < -0.3 is 9.80 Å². The van der Waals surface area contributed by atoms with Gasteiger partial charge in [-0.1, -0.05) is 54.1 Å². The smallest absolute Gasteiger partial charge is 0.269 e. The van der Waals surface area contributed by atoms with Crippen molar-refractivity contribution in [2.24, 2.45) is 0 Å². The van der Waals surface area contributed by atoms with Crippen molar-refractivity contribution < 1.29 is 9.72 Å². The first-order chi connectivity index (χ1) is 16.5. The lowest BCUT2D eigenvalue weighted by Crippen LogP contribution is -2.49.